The predicted octanol–water partition coefficient (Wildman–Crippen LogP) is 7.49. The van der Waals surface area contributed by atoms with E-state index in [1.165, 1.54) is 43.8 Å². The second kappa shape index (κ2) is 7.06. The molecule has 0 aliphatic heterocycles. The number of hydrogen-bond donors (Lipinski definition) is 1. The Kier molecular flexibility index (Phi) is 4.45. The van der Waals surface area contributed by atoms with Gasteiger partial charge < -0.3 is 6.15 Å². The van der Waals surface area contributed by atoms with Gasteiger partial charge >= 0.3 is 0 Å². The van der Waals surface area contributed by atoms with E-state index >= 15 is 0 Å². The zero-order valence-electron chi connectivity index (χ0n) is 15.1. The van der Waals surface area contributed by atoms with E-state index < -0.39 is 0 Å². The Bertz CT molecular complexity index is 1210. The molecule has 0 amide bonds. The molecule has 0 aromatic heterocycles. The molecule has 27 heavy (non-hydrogen) atoms. The van der Waals surface area contributed by atoms with E-state index in [1.807, 2.05) is 0 Å². The Morgan fingerprint density at radius 1 is 0.407 bits per heavy atom. The number of hydrogen-bond acceptors (Lipinski definition) is 1. The summed E-state index contributed by atoms with van der Waals surface area (Å²) in [5.41, 5.74) is 5.09. The molecule has 0 fully saturated rings. The van der Waals surface area contributed by atoms with Gasteiger partial charge in [-0.05, 0) is 55.9 Å². The summed E-state index contributed by atoms with van der Waals surface area (Å²) >= 11 is 0. The number of rotatable bonds is 2. The van der Waals surface area contributed by atoms with Crippen LogP contribution in [-0.4, -0.2) is 0 Å². The maximum atomic E-state index is 2.33. The Morgan fingerprint density at radius 2 is 0.963 bits per heavy atom. The molecule has 0 unspecified atom stereocenters. The third kappa shape index (κ3) is 2.99. The van der Waals surface area contributed by atoms with Gasteiger partial charge in [-0.2, -0.15) is 0 Å². The monoisotopic (exact) mass is 347 g/mol. The van der Waals surface area contributed by atoms with Gasteiger partial charge in [0.2, 0.25) is 0 Å². The summed E-state index contributed by atoms with van der Waals surface area (Å²) in [6.45, 7) is 0. The van der Waals surface area contributed by atoms with Gasteiger partial charge in [0.25, 0.3) is 0 Å². The van der Waals surface area contributed by atoms with E-state index in [9.17, 15) is 0 Å². The third-order valence-electron chi connectivity index (χ3n) is 5.03. The molecule has 5 aromatic rings. The topological polar surface area (TPSA) is 35.0 Å². The van der Waals surface area contributed by atoms with Crippen molar-refractivity contribution in [2.24, 2.45) is 0 Å². The highest BCUT2D eigenvalue weighted by Crippen LogP contribution is 2.39. The first-order chi connectivity index (χ1) is 12.9. The lowest BCUT2D eigenvalue weighted by molar-refractivity contribution is 1.61. The second-order valence-corrected chi connectivity index (χ2v) is 6.64. The molecule has 130 valence electrons. The van der Waals surface area contributed by atoms with E-state index in [2.05, 4.69) is 109 Å². The normalized spacial score (nSPS) is 10.7. The van der Waals surface area contributed by atoms with Gasteiger partial charge in [0.1, 0.15) is 0 Å². The predicted molar refractivity (Wildman–Crippen MR) is 117 cm³/mol. The molecule has 1 nitrogen and oxygen atoms in total. The van der Waals surface area contributed by atoms with Crippen LogP contribution in [0.1, 0.15) is 0 Å². The van der Waals surface area contributed by atoms with E-state index in [0.29, 0.717) is 0 Å². The lowest BCUT2D eigenvalue weighted by Crippen LogP contribution is -1.88. The van der Waals surface area contributed by atoms with E-state index in [1.54, 1.807) is 0 Å². The Morgan fingerprint density at radius 3 is 1.63 bits per heavy atom. The van der Waals surface area contributed by atoms with Gasteiger partial charge in [-0.25, -0.2) is 0 Å². The fraction of sp³-hybridized carbons (Fsp3) is 0. The molecular weight excluding hydrogens is 326 g/mol. The highest BCUT2D eigenvalue weighted by Gasteiger charge is 2.12. The largest absolute Gasteiger partial charge is 0.344 e. The summed E-state index contributed by atoms with van der Waals surface area (Å²) in [5.74, 6) is 0. The van der Waals surface area contributed by atoms with E-state index in [0.717, 1.165) is 0 Å². The van der Waals surface area contributed by atoms with Crippen molar-refractivity contribution in [2.45, 2.75) is 0 Å². The molecule has 0 atom stereocenters. The molecule has 0 saturated carbocycles. The first-order valence-corrected chi connectivity index (χ1v) is 8.96. The van der Waals surface area contributed by atoms with Crippen LogP contribution in [0.2, 0.25) is 0 Å². The molecule has 5 aromatic carbocycles. The molecule has 0 bridgehead atoms. The maximum Gasteiger partial charge on any atom is -0.00266 e. The smallest absolute Gasteiger partial charge is 0.00266 e. The van der Waals surface area contributed by atoms with Crippen LogP contribution in [0.4, 0.5) is 0 Å². The standard InChI is InChI=1S/C26H18.H3N/c1-3-9-19(10-4-1)24-16-15-23-17-21-13-7-8-14-22(21)18-25(23)26(24)20-11-5-2-6-12-20;/h1-18H;1H3. The molecular formula is C26H21N. The fourth-order valence-electron chi connectivity index (χ4n) is 3.79. The van der Waals surface area contributed by atoms with Gasteiger partial charge in [0, 0.05) is 0 Å². The van der Waals surface area contributed by atoms with Crippen molar-refractivity contribution in [1.82, 2.24) is 6.15 Å². The molecule has 0 heterocycles. The first kappa shape index (κ1) is 17.0. The molecule has 0 spiro atoms. The summed E-state index contributed by atoms with van der Waals surface area (Å²) in [5, 5.41) is 5.15. The lowest BCUT2D eigenvalue weighted by atomic mass is 9.89. The van der Waals surface area contributed by atoms with Gasteiger partial charge in [-0.1, -0.05) is 97.1 Å². The van der Waals surface area contributed by atoms with Gasteiger partial charge in [-0.3, -0.25) is 0 Å². The van der Waals surface area contributed by atoms with Crippen LogP contribution in [0.3, 0.4) is 0 Å². The maximum absolute atomic E-state index is 2.33. The second-order valence-electron chi connectivity index (χ2n) is 6.64. The third-order valence-corrected chi connectivity index (χ3v) is 5.03. The van der Waals surface area contributed by atoms with Crippen molar-refractivity contribution >= 4 is 21.5 Å². The average molecular weight is 347 g/mol. The highest BCUT2D eigenvalue weighted by molar-refractivity contribution is 6.09. The van der Waals surface area contributed by atoms with E-state index in [4.69, 9.17) is 0 Å². The van der Waals surface area contributed by atoms with Crippen LogP contribution < -0.4 is 6.15 Å². The number of fused-ring (bicyclic) bond motifs is 2. The quantitative estimate of drug-likeness (QED) is 0.330. The molecule has 0 radical (unpaired) electrons. The molecule has 0 aliphatic rings. The minimum Gasteiger partial charge on any atom is -0.344 e. The Labute approximate surface area is 159 Å². The minimum absolute atomic E-state index is 0. The van der Waals surface area contributed by atoms with Crippen LogP contribution in [0.5, 0.6) is 0 Å². The highest BCUT2D eigenvalue weighted by atomic mass is 14.2. The van der Waals surface area contributed by atoms with Crippen molar-refractivity contribution < 1.29 is 0 Å². The van der Waals surface area contributed by atoms with Gasteiger partial charge in [-0.15, -0.1) is 0 Å². The van der Waals surface area contributed by atoms with Crippen molar-refractivity contribution in [3.05, 3.63) is 109 Å². The van der Waals surface area contributed by atoms with Crippen molar-refractivity contribution in [2.75, 3.05) is 0 Å². The van der Waals surface area contributed by atoms with Crippen LogP contribution in [0.25, 0.3) is 43.8 Å². The average Bonchev–Trinajstić information content (AvgIpc) is 2.72. The van der Waals surface area contributed by atoms with Crippen LogP contribution in [0, 0.1) is 0 Å². The molecule has 0 aliphatic carbocycles. The SMILES string of the molecule is N.c1ccc(-c2ccc3cc4ccccc4cc3c2-c2ccccc2)cc1. The summed E-state index contributed by atoms with van der Waals surface area (Å²) in [7, 11) is 0. The molecule has 5 rings (SSSR count). The first-order valence-electron chi connectivity index (χ1n) is 8.96. The van der Waals surface area contributed by atoms with Gasteiger partial charge in [0.15, 0.2) is 0 Å². The summed E-state index contributed by atoms with van der Waals surface area (Å²) < 4.78 is 0. The minimum atomic E-state index is 0. The van der Waals surface area contributed by atoms with Crippen LogP contribution in [-0.2, 0) is 0 Å². The summed E-state index contributed by atoms with van der Waals surface area (Å²) in [4.78, 5) is 0. The zero-order chi connectivity index (χ0) is 17.3. The van der Waals surface area contributed by atoms with E-state index in [-0.39, 0.29) is 6.15 Å². The summed E-state index contributed by atoms with van der Waals surface area (Å²) in [6.07, 6.45) is 0. The zero-order valence-corrected chi connectivity index (χ0v) is 15.1. The Balaban J connectivity index is 0.00000180. The molecule has 3 N–H and O–H groups in total. The van der Waals surface area contributed by atoms with Gasteiger partial charge in [0.05, 0.1) is 0 Å². The number of benzene rings is 5. The van der Waals surface area contributed by atoms with Crippen molar-refractivity contribution in [3.8, 4) is 22.3 Å². The van der Waals surface area contributed by atoms with Crippen LogP contribution in [0.15, 0.2) is 109 Å². The molecule has 0 saturated heterocycles. The summed E-state index contributed by atoms with van der Waals surface area (Å²) in [6, 6.07) is 39.1. The van der Waals surface area contributed by atoms with Crippen LogP contribution >= 0.6 is 0 Å². The lowest BCUT2D eigenvalue weighted by Gasteiger charge is -2.15. The fourth-order valence-corrected chi connectivity index (χ4v) is 3.79. The van der Waals surface area contributed by atoms with Crippen molar-refractivity contribution in [3.63, 3.8) is 0 Å². The Hall–Kier alpha value is -3.42. The van der Waals surface area contributed by atoms with Crippen molar-refractivity contribution in [1.29, 1.82) is 0 Å². The molecule has 1 heteroatoms.